The predicted molar refractivity (Wildman–Crippen MR) is 96.6 cm³/mol. The van der Waals surface area contributed by atoms with Crippen LogP contribution in [0.25, 0.3) is 11.6 Å². The van der Waals surface area contributed by atoms with Crippen molar-refractivity contribution in [3.05, 3.63) is 69.8 Å². The number of nitriles is 1. The second-order valence-electron chi connectivity index (χ2n) is 5.24. The van der Waals surface area contributed by atoms with Crippen LogP contribution in [0.5, 0.6) is 0 Å². The SMILES string of the molecule is CCN(CC)c1ccc(/C=C(/C#N)c2ccc([N+](=O)[O-])cc2)cc1. The molecule has 2 rings (SSSR count). The summed E-state index contributed by atoms with van der Waals surface area (Å²) in [5.41, 5.74) is 3.21. The molecule has 0 saturated heterocycles. The zero-order valence-electron chi connectivity index (χ0n) is 13.8. The van der Waals surface area contributed by atoms with Crippen LogP contribution >= 0.6 is 0 Å². The van der Waals surface area contributed by atoms with Crippen LogP contribution in [-0.2, 0) is 0 Å². The number of nitro benzene ring substituents is 1. The average Bonchev–Trinajstić information content (AvgIpc) is 2.62. The van der Waals surface area contributed by atoms with Crippen molar-refractivity contribution >= 4 is 23.0 Å². The molecule has 0 heterocycles. The quantitative estimate of drug-likeness (QED) is 0.340. The molecule has 0 aliphatic rings. The molecule has 0 unspecified atom stereocenters. The van der Waals surface area contributed by atoms with Crippen LogP contribution in [0.15, 0.2) is 48.5 Å². The Labute approximate surface area is 141 Å². The third kappa shape index (κ3) is 3.99. The van der Waals surface area contributed by atoms with E-state index >= 15 is 0 Å². The van der Waals surface area contributed by atoms with Gasteiger partial charge in [-0.3, -0.25) is 10.1 Å². The molecular weight excluding hydrogens is 302 g/mol. The fourth-order valence-corrected chi connectivity index (χ4v) is 2.48. The van der Waals surface area contributed by atoms with Crippen molar-refractivity contribution in [3.8, 4) is 6.07 Å². The second-order valence-corrected chi connectivity index (χ2v) is 5.24. The van der Waals surface area contributed by atoms with E-state index in [1.807, 2.05) is 24.3 Å². The van der Waals surface area contributed by atoms with E-state index in [0.29, 0.717) is 11.1 Å². The highest BCUT2D eigenvalue weighted by Crippen LogP contribution is 2.22. The second kappa shape index (κ2) is 7.93. The molecular formula is C19H19N3O2. The molecule has 0 aliphatic carbocycles. The zero-order valence-corrected chi connectivity index (χ0v) is 13.8. The summed E-state index contributed by atoms with van der Waals surface area (Å²) in [4.78, 5) is 12.5. The minimum Gasteiger partial charge on any atom is -0.372 e. The number of hydrogen-bond donors (Lipinski definition) is 0. The number of non-ortho nitro benzene ring substituents is 1. The summed E-state index contributed by atoms with van der Waals surface area (Å²) in [6.45, 7) is 6.11. The molecule has 0 radical (unpaired) electrons. The Morgan fingerprint density at radius 2 is 1.71 bits per heavy atom. The van der Waals surface area contributed by atoms with Crippen LogP contribution < -0.4 is 4.90 Å². The molecule has 0 fully saturated rings. The molecule has 0 aromatic heterocycles. The Morgan fingerprint density at radius 1 is 1.12 bits per heavy atom. The molecule has 5 heteroatoms. The van der Waals surface area contributed by atoms with Gasteiger partial charge < -0.3 is 4.90 Å². The molecule has 0 saturated carbocycles. The van der Waals surface area contributed by atoms with Gasteiger partial charge in [0.05, 0.1) is 16.6 Å². The zero-order chi connectivity index (χ0) is 17.5. The minimum atomic E-state index is -0.453. The Morgan fingerprint density at radius 3 is 2.17 bits per heavy atom. The number of rotatable bonds is 6. The maximum atomic E-state index is 10.7. The van der Waals surface area contributed by atoms with Gasteiger partial charge in [-0.25, -0.2) is 0 Å². The Hall–Kier alpha value is -3.13. The predicted octanol–water partition coefficient (Wildman–Crippen LogP) is 4.51. The number of benzene rings is 2. The van der Waals surface area contributed by atoms with E-state index in [2.05, 4.69) is 24.8 Å². The standard InChI is InChI=1S/C19H19N3O2/c1-3-21(4-2)18-9-5-15(6-10-18)13-17(14-20)16-7-11-19(12-8-16)22(23)24/h5-13H,3-4H2,1-2H3/b17-13-. The van der Waals surface area contributed by atoms with E-state index in [1.54, 1.807) is 18.2 Å². The van der Waals surface area contributed by atoms with Gasteiger partial charge in [0.25, 0.3) is 5.69 Å². The van der Waals surface area contributed by atoms with Crippen molar-refractivity contribution in [1.29, 1.82) is 5.26 Å². The van der Waals surface area contributed by atoms with Gasteiger partial charge in [0.2, 0.25) is 0 Å². The number of nitro groups is 1. The lowest BCUT2D eigenvalue weighted by Crippen LogP contribution is -2.21. The molecule has 5 nitrogen and oxygen atoms in total. The third-order valence-corrected chi connectivity index (χ3v) is 3.84. The van der Waals surface area contributed by atoms with Crippen LogP contribution in [0.3, 0.4) is 0 Å². The number of hydrogen-bond acceptors (Lipinski definition) is 4. The van der Waals surface area contributed by atoms with Gasteiger partial charge in [0, 0.05) is 30.9 Å². The van der Waals surface area contributed by atoms with Gasteiger partial charge >= 0.3 is 0 Å². The van der Waals surface area contributed by atoms with Crippen LogP contribution in [0.1, 0.15) is 25.0 Å². The maximum absolute atomic E-state index is 10.7. The molecule has 24 heavy (non-hydrogen) atoms. The van der Waals surface area contributed by atoms with Crippen molar-refractivity contribution < 1.29 is 4.92 Å². The van der Waals surface area contributed by atoms with Gasteiger partial charge in [-0.1, -0.05) is 12.1 Å². The van der Waals surface area contributed by atoms with Crippen molar-refractivity contribution in [1.82, 2.24) is 0 Å². The van der Waals surface area contributed by atoms with Crippen molar-refractivity contribution in [2.24, 2.45) is 0 Å². The molecule has 2 aromatic rings. The lowest BCUT2D eigenvalue weighted by molar-refractivity contribution is -0.384. The highest BCUT2D eigenvalue weighted by molar-refractivity contribution is 5.89. The van der Waals surface area contributed by atoms with Crippen molar-refractivity contribution in [2.75, 3.05) is 18.0 Å². The Bertz CT molecular complexity index is 768. The smallest absolute Gasteiger partial charge is 0.269 e. The maximum Gasteiger partial charge on any atom is 0.269 e. The summed E-state index contributed by atoms with van der Waals surface area (Å²) in [6.07, 6.45) is 1.78. The molecule has 2 aromatic carbocycles. The van der Waals surface area contributed by atoms with E-state index in [0.717, 1.165) is 24.3 Å². The Kier molecular flexibility index (Phi) is 5.69. The molecule has 0 bridgehead atoms. The van der Waals surface area contributed by atoms with E-state index in [1.165, 1.54) is 12.1 Å². The van der Waals surface area contributed by atoms with E-state index in [4.69, 9.17) is 0 Å². The molecule has 0 aliphatic heterocycles. The highest BCUT2D eigenvalue weighted by atomic mass is 16.6. The first-order chi connectivity index (χ1) is 11.6. The van der Waals surface area contributed by atoms with Gasteiger partial charge in [-0.15, -0.1) is 0 Å². The van der Waals surface area contributed by atoms with Crippen LogP contribution in [-0.4, -0.2) is 18.0 Å². The van der Waals surface area contributed by atoms with Crippen LogP contribution in [0.4, 0.5) is 11.4 Å². The van der Waals surface area contributed by atoms with Gasteiger partial charge in [-0.2, -0.15) is 5.26 Å². The summed E-state index contributed by atoms with van der Waals surface area (Å²) in [7, 11) is 0. The fraction of sp³-hybridized carbons (Fsp3) is 0.211. The summed E-state index contributed by atoms with van der Waals surface area (Å²) in [5, 5.41) is 20.1. The van der Waals surface area contributed by atoms with E-state index in [9.17, 15) is 15.4 Å². The molecule has 0 spiro atoms. The first-order valence-corrected chi connectivity index (χ1v) is 7.80. The highest BCUT2D eigenvalue weighted by Gasteiger charge is 2.07. The van der Waals surface area contributed by atoms with Crippen molar-refractivity contribution in [3.63, 3.8) is 0 Å². The summed E-state index contributed by atoms with van der Waals surface area (Å²) < 4.78 is 0. The van der Waals surface area contributed by atoms with Crippen molar-refractivity contribution in [2.45, 2.75) is 13.8 Å². The van der Waals surface area contributed by atoms with Crippen LogP contribution in [0, 0.1) is 21.4 Å². The molecule has 0 amide bonds. The lowest BCUT2D eigenvalue weighted by Gasteiger charge is -2.20. The normalized spacial score (nSPS) is 11.0. The third-order valence-electron chi connectivity index (χ3n) is 3.84. The first kappa shape index (κ1) is 17.2. The minimum absolute atomic E-state index is 0.0135. The first-order valence-electron chi connectivity index (χ1n) is 7.80. The van der Waals surface area contributed by atoms with Gasteiger partial charge in [0.15, 0.2) is 0 Å². The van der Waals surface area contributed by atoms with E-state index in [-0.39, 0.29) is 5.69 Å². The fourth-order valence-electron chi connectivity index (χ4n) is 2.48. The topological polar surface area (TPSA) is 70.2 Å². The number of nitrogens with zero attached hydrogens (tertiary/aromatic N) is 3. The molecule has 0 N–H and O–H groups in total. The Balaban J connectivity index is 2.27. The number of allylic oxidation sites excluding steroid dienone is 1. The average molecular weight is 321 g/mol. The van der Waals surface area contributed by atoms with Crippen LogP contribution in [0.2, 0.25) is 0 Å². The molecule has 0 atom stereocenters. The van der Waals surface area contributed by atoms with Gasteiger partial charge in [0.1, 0.15) is 0 Å². The van der Waals surface area contributed by atoms with Gasteiger partial charge in [-0.05, 0) is 55.3 Å². The number of anilines is 1. The van der Waals surface area contributed by atoms with E-state index < -0.39 is 4.92 Å². The monoisotopic (exact) mass is 321 g/mol. The largest absolute Gasteiger partial charge is 0.372 e. The summed E-state index contributed by atoms with van der Waals surface area (Å²) in [6, 6.07) is 16.2. The summed E-state index contributed by atoms with van der Waals surface area (Å²) in [5.74, 6) is 0. The lowest BCUT2D eigenvalue weighted by atomic mass is 10.0. The summed E-state index contributed by atoms with van der Waals surface area (Å²) >= 11 is 0. The molecule has 122 valence electrons.